The molecule has 0 atom stereocenters. The molecule has 1 aromatic heterocycles. The lowest BCUT2D eigenvalue weighted by atomic mass is 10.1. The van der Waals surface area contributed by atoms with Gasteiger partial charge in [-0.2, -0.15) is 0 Å². The number of fused-ring (bicyclic) bond motifs is 1. The second-order valence-electron chi connectivity index (χ2n) is 3.17. The third-order valence-corrected chi connectivity index (χ3v) is 2.30. The van der Waals surface area contributed by atoms with E-state index in [2.05, 4.69) is 10.3 Å². The molecule has 2 aromatic rings. The zero-order valence-corrected chi connectivity index (χ0v) is 8.32. The molecule has 76 valence electrons. The van der Waals surface area contributed by atoms with Gasteiger partial charge in [0.05, 0.1) is 11.1 Å². The summed E-state index contributed by atoms with van der Waals surface area (Å²) in [6.45, 7) is 0. The van der Waals surface area contributed by atoms with Gasteiger partial charge in [-0.25, -0.2) is 0 Å². The van der Waals surface area contributed by atoms with Crippen molar-refractivity contribution in [3.05, 3.63) is 36.0 Å². The lowest BCUT2D eigenvalue weighted by molar-refractivity contribution is 0.100. The lowest BCUT2D eigenvalue weighted by Crippen LogP contribution is -2.12. The molecule has 4 nitrogen and oxygen atoms in total. The second kappa shape index (κ2) is 3.57. The van der Waals surface area contributed by atoms with Gasteiger partial charge in [-0.05, 0) is 24.3 Å². The number of amides is 1. The van der Waals surface area contributed by atoms with Gasteiger partial charge in [0.2, 0.25) is 0 Å². The number of nitrogens with two attached hydrogens (primary N) is 1. The molecule has 0 spiro atoms. The summed E-state index contributed by atoms with van der Waals surface area (Å²) in [4.78, 5) is 15.3. The summed E-state index contributed by atoms with van der Waals surface area (Å²) in [6, 6.07) is 7.24. The molecule has 1 heterocycles. The number of carbonyl (C=O) groups excluding carboxylic acids is 1. The van der Waals surface area contributed by atoms with Gasteiger partial charge in [0.25, 0.3) is 5.91 Å². The summed E-state index contributed by atoms with van der Waals surface area (Å²) in [5, 5.41) is 3.94. The molecule has 3 N–H and O–H groups in total. The molecule has 0 saturated heterocycles. The minimum atomic E-state index is -0.457. The number of nitrogens with one attached hydrogen (secondary N) is 1. The van der Waals surface area contributed by atoms with Crippen LogP contribution in [0, 0.1) is 0 Å². The van der Waals surface area contributed by atoms with Crippen LogP contribution in [0.5, 0.6) is 0 Å². The molecule has 1 aromatic carbocycles. The largest absolute Gasteiger partial charge is 0.388 e. The van der Waals surface area contributed by atoms with Crippen molar-refractivity contribution in [2.45, 2.75) is 0 Å². The third kappa shape index (κ3) is 1.50. The molecule has 1 amide bonds. The molecule has 0 aliphatic rings. The third-order valence-electron chi connectivity index (χ3n) is 2.30. The Morgan fingerprint density at radius 3 is 2.87 bits per heavy atom. The van der Waals surface area contributed by atoms with Gasteiger partial charge in [-0.15, -0.1) is 0 Å². The Morgan fingerprint density at radius 1 is 1.40 bits per heavy atom. The van der Waals surface area contributed by atoms with Crippen LogP contribution in [0.4, 0.5) is 5.69 Å². The highest BCUT2D eigenvalue weighted by Gasteiger charge is 2.09. The molecular formula is C11H11N3O. The topological polar surface area (TPSA) is 68.0 Å². The minimum Gasteiger partial charge on any atom is -0.388 e. The fourth-order valence-corrected chi connectivity index (χ4v) is 1.59. The summed E-state index contributed by atoms with van der Waals surface area (Å²) in [5.74, 6) is -0.457. The van der Waals surface area contributed by atoms with Gasteiger partial charge >= 0.3 is 0 Å². The number of aromatic nitrogens is 1. The smallest absolute Gasteiger partial charge is 0.250 e. The van der Waals surface area contributed by atoms with Crippen LogP contribution in [0.25, 0.3) is 10.9 Å². The Labute approximate surface area is 87.1 Å². The average Bonchev–Trinajstić information content (AvgIpc) is 2.27. The van der Waals surface area contributed by atoms with Gasteiger partial charge in [0.1, 0.15) is 0 Å². The highest BCUT2D eigenvalue weighted by Crippen LogP contribution is 2.24. The average molecular weight is 201 g/mol. The molecule has 15 heavy (non-hydrogen) atoms. The van der Waals surface area contributed by atoms with E-state index in [-0.39, 0.29) is 0 Å². The maximum atomic E-state index is 11.2. The monoisotopic (exact) mass is 201 g/mol. The number of nitrogens with zero attached hydrogens (tertiary/aromatic N) is 1. The number of carbonyl (C=O) groups is 1. The summed E-state index contributed by atoms with van der Waals surface area (Å²) in [7, 11) is 1.83. The Morgan fingerprint density at radius 2 is 2.20 bits per heavy atom. The summed E-state index contributed by atoms with van der Waals surface area (Å²) >= 11 is 0. The van der Waals surface area contributed by atoms with Crippen molar-refractivity contribution in [2.24, 2.45) is 5.73 Å². The van der Waals surface area contributed by atoms with E-state index < -0.39 is 5.91 Å². The number of primary amides is 1. The number of rotatable bonds is 2. The maximum Gasteiger partial charge on any atom is 0.250 e. The first kappa shape index (κ1) is 9.45. The standard InChI is InChI=1S/C11H11N3O/c1-13-9-5-4-8(11(12)15)10-7(9)3-2-6-14-10/h2-6,13H,1H3,(H2,12,15). The molecule has 0 saturated carbocycles. The van der Waals surface area contributed by atoms with Crippen LogP contribution >= 0.6 is 0 Å². The molecule has 0 fully saturated rings. The molecular weight excluding hydrogens is 190 g/mol. The second-order valence-corrected chi connectivity index (χ2v) is 3.17. The van der Waals surface area contributed by atoms with Crippen LogP contribution in [0.2, 0.25) is 0 Å². The normalized spacial score (nSPS) is 10.2. The van der Waals surface area contributed by atoms with Crippen molar-refractivity contribution in [1.29, 1.82) is 0 Å². The molecule has 0 unspecified atom stereocenters. The molecule has 2 rings (SSSR count). The highest BCUT2D eigenvalue weighted by atomic mass is 16.1. The zero-order valence-electron chi connectivity index (χ0n) is 8.32. The van der Waals surface area contributed by atoms with Crippen LogP contribution in [0.15, 0.2) is 30.5 Å². The molecule has 0 bridgehead atoms. The van der Waals surface area contributed by atoms with Gasteiger partial charge in [0.15, 0.2) is 0 Å². The van der Waals surface area contributed by atoms with Crippen molar-refractivity contribution in [3.63, 3.8) is 0 Å². The maximum absolute atomic E-state index is 11.2. The Bertz CT molecular complexity index is 522. The number of hydrogen-bond donors (Lipinski definition) is 2. The number of pyridine rings is 1. The van der Waals surface area contributed by atoms with Gasteiger partial charge in [-0.3, -0.25) is 9.78 Å². The van der Waals surface area contributed by atoms with E-state index in [1.54, 1.807) is 12.3 Å². The summed E-state index contributed by atoms with van der Waals surface area (Å²) in [6.07, 6.45) is 1.65. The van der Waals surface area contributed by atoms with E-state index in [9.17, 15) is 4.79 Å². The first-order valence-corrected chi connectivity index (χ1v) is 4.59. The van der Waals surface area contributed by atoms with Crippen LogP contribution in [0.1, 0.15) is 10.4 Å². The Balaban J connectivity index is 2.83. The van der Waals surface area contributed by atoms with Crippen molar-refractivity contribution in [2.75, 3.05) is 12.4 Å². The predicted molar refractivity (Wildman–Crippen MR) is 59.8 cm³/mol. The molecule has 4 heteroatoms. The Kier molecular flexibility index (Phi) is 2.25. The first-order valence-electron chi connectivity index (χ1n) is 4.59. The van der Waals surface area contributed by atoms with Crippen molar-refractivity contribution < 1.29 is 4.79 Å². The summed E-state index contributed by atoms with van der Waals surface area (Å²) < 4.78 is 0. The fraction of sp³-hybridized carbons (Fsp3) is 0.0909. The molecule has 0 aliphatic heterocycles. The van der Waals surface area contributed by atoms with Gasteiger partial charge in [-0.1, -0.05) is 0 Å². The van der Waals surface area contributed by atoms with E-state index in [4.69, 9.17) is 5.73 Å². The quantitative estimate of drug-likeness (QED) is 0.771. The van der Waals surface area contributed by atoms with E-state index in [0.717, 1.165) is 11.1 Å². The SMILES string of the molecule is CNc1ccc(C(N)=O)c2ncccc12. The van der Waals surface area contributed by atoms with Crippen LogP contribution in [0.3, 0.4) is 0 Å². The van der Waals surface area contributed by atoms with Crippen LogP contribution in [-0.4, -0.2) is 17.9 Å². The summed E-state index contributed by atoms with van der Waals surface area (Å²) in [5.41, 5.74) is 7.29. The van der Waals surface area contributed by atoms with Crippen LogP contribution in [-0.2, 0) is 0 Å². The zero-order chi connectivity index (χ0) is 10.8. The van der Waals surface area contributed by atoms with E-state index in [1.807, 2.05) is 25.2 Å². The van der Waals surface area contributed by atoms with E-state index in [1.165, 1.54) is 0 Å². The molecule has 0 aliphatic carbocycles. The lowest BCUT2D eigenvalue weighted by Gasteiger charge is -2.07. The number of benzene rings is 1. The number of anilines is 1. The van der Waals surface area contributed by atoms with Gasteiger partial charge in [0, 0.05) is 24.3 Å². The van der Waals surface area contributed by atoms with Crippen molar-refractivity contribution in [1.82, 2.24) is 4.98 Å². The van der Waals surface area contributed by atoms with E-state index >= 15 is 0 Å². The van der Waals surface area contributed by atoms with Crippen molar-refractivity contribution in [3.8, 4) is 0 Å². The first-order chi connectivity index (χ1) is 7.24. The Hall–Kier alpha value is -2.10. The van der Waals surface area contributed by atoms with Crippen molar-refractivity contribution >= 4 is 22.5 Å². The van der Waals surface area contributed by atoms with E-state index in [0.29, 0.717) is 11.1 Å². The van der Waals surface area contributed by atoms with Gasteiger partial charge < -0.3 is 11.1 Å². The van der Waals surface area contributed by atoms with Crippen LogP contribution < -0.4 is 11.1 Å². The highest BCUT2D eigenvalue weighted by molar-refractivity contribution is 6.07. The molecule has 0 radical (unpaired) electrons. The predicted octanol–water partition coefficient (Wildman–Crippen LogP) is 1.38. The number of hydrogen-bond acceptors (Lipinski definition) is 3. The minimum absolute atomic E-state index is 0.449. The fourth-order valence-electron chi connectivity index (χ4n) is 1.59.